The Balaban J connectivity index is 3.06. The van der Waals surface area contributed by atoms with Crippen LogP contribution in [-0.2, 0) is 0 Å². The van der Waals surface area contributed by atoms with Gasteiger partial charge in [-0.15, -0.1) is 0 Å². The number of aliphatic hydroxyl groups is 1. The smallest absolute Gasteiger partial charge is 0.0692 e. The molecular weight excluding hydrogens is 168 g/mol. The Morgan fingerprint density at radius 3 is 1.58 bits per heavy atom. The van der Waals surface area contributed by atoms with Crippen molar-refractivity contribution < 1.29 is 5.11 Å². The van der Waals surface area contributed by atoms with Crippen LogP contribution >= 0.6 is 12.6 Å². The summed E-state index contributed by atoms with van der Waals surface area (Å²) in [6, 6.07) is 0. The zero-order chi connectivity index (χ0) is 9.73. The van der Waals surface area contributed by atoms with Gasteiger partial charge in [-0.2, -0.15) is 12.6 Å². The molecule has 0 unspecified atom stereocenters. The first-order valence-corrected chi connectivity index (χ1v) is 5.10. The molecule has 1 aliphatic rings. The monoisotopic (exact) mass is 188 g/mol. The quantitative estimate of drug-likeness (QED) is 0.559. The second kappa shape index (κ2) is 2.65. The van der Waals surface area contributed by atoms with Crippen molar-refractivity contribution in [1.82, 2.24) is 0 Å². The van der Waals surface area contributed by atoms with Gasteiger partial charge in [0.05, 0.1) is 6.10 Å². The van der Waals surface area contributed by atoms with Crippen LogP contribution in [0.1, 0.15) is 34.6 Å². The molecule has 0 bridgehead atoms. The van der Waals surface area contributed by atoms with Gasteiger partial charge in [0.15, 0.2) is 0 Å². The van der Waals surface area contributed by atoms with E-state index >= 15 is 0 Å². The van der Waals surface area contributed by atoms with Gasteiger partial charge < -0.3 is 5.11 Å². The molecule has 0 amide bonds. The van der Waals surface area contributed by atoms with E-state index in [2.05, 4.69) is 47.2 Å². The molecule has 0 aliphatic heterocycles. The lowest BCUT2D eigenvalue weighted by Gasteiger charge is -2.39. The van der Waals surface area contributed by atoms with Crippen LogP contribution in [-0.4, -0.2) is 16.5 Å². The first-order valence-electron chi connectivity index (χ1n) is 4.59. The molecule has 1 N–H and O–H groups in total. The van der Waals surface area contributed by atoms with E-state index in [4.69, 9.17) is 0 Å². The fourth-order valence-electron chi connectivity index (χ4n) is 2.10. The molecule has 1 saturated carbocycles. The fraction of sp³-hybridized carbons (Fsp3) is 1.00. The summed E-state index contributed by atoms with van der Waals surface area (Å²) in [4.78, 5) is 0. The summed E-state index contributed by atoms with van der Waals surface area (Å²) < 4.78 is 0. The van der Waals surface area contributed by atoms with Gasteiger partial charge in [-0.05, 0) is 16.7 Å². The second-order valence-corrected chi connectivity index (χ2v) is 5.72. The number of hydrogen-bond donors (Lipinski definition) is 2. The molecule has 2 heteroatoms. The molecule has 1 nitrogen and oxygen atoms in total. The molecule has 0 aromatic rings. The van der Waals surface area contributed by atoms with E-state index in [0.717, 1.165) is 0 Å². The standard InChI is InChI=1S/C10H20OS/c1-6-7(11)8(12)10(4,5)9(6,2)3/h6-8,11-12H,1-5H3/t6-,7-,8+/m0/s1. The van der Waals surface area contributed by atoms with Crippen molar-refractivity contribution in [3.63, 3.8) is 0 Å². The number of aliphatic hydroxyl groups excluding tert-OH is 1. The molecule has 72 valence electrons. The molecule has 1 rings (SSSR count). The summed E-state index contributed by atoms with van der Waals surface area (Å²) >= 11 is 4.49. The first kappa shape index (κ1) is 10.4. The molecule has 0 heterocycles. The van der Waals surface area contributed by atoms with Crippen molar-refractivity contribution in [2.75, 3.05) is 0 Å². The molecule has 3 atom stereocenters. The molecule has 1 fully saturated rings. The molecule has 12 heavy (non-hydrogen) atoms. The summed E-state index contributed by atoms with van der Waals surface area (Å²) in [6.07, 6.45) is -0.265. The van der Waals surface area contributed by atoms with E-state index in [1.807, 2.05) is 0 Å². The number of thiol groups is 1. The van der Waals surface area contributed by atoms with E-state index in [1.165, 1.54) is 0 Å². The second-order valence-electron chi connectivity index (χ2n) is 5.17. The van der Waals surface area contributed by atoms with E-state index in [9.17, 15) is 5.11 Å². The summed E-state index contributed by atoms with van der Waals surface area (Å²) in [5, 5.41) is 9.96. The van der Waals surface area contributed by atoms with Gasteiger partial charge in [-0.25, -0.2) is 0 Å². The summed E-state index contributed by atoms with van der Waals surface area (Å²) in [7, 11) is 0. The van der Waals surface area contributed by atoms with Crippen molar-refractivity contribution in [1.29, 1.82) is 0 Å². The maximum Gasteiger partial charge on any atom is 0.0692 e. The molecule has 1 aliphatic carbocycles. The van der Waals surface area contributed by atoms with Gasteiger partial charge in [0.1, 0.15) is 0 Å². The van der Waals surface area contributed by atoms with Crippen molar-refractivity contribution >= 4 is 12.6 Å². The minimum Gasteiger partial charge on any atom is -0.392 e. The lowest BCUT2D eigenvalue weighted by atomic mass is 9.67. The molecular formula is C10H20OS. The van der Waals surface area contributed by atoms with Gasteiger partial charge >= 0.3 is 0 Å². The third-order valence-electron chi connectivity index (χ3n) is 4.37. The normalized spacial score (nSPS) is 44.8. The molecule has 0 aromatic heterocycles. The van der Waals surface area contributed by atoms with Crippen LogP contribution in [0.3, 0.4) is 0 Å². The van der Waals surface area contributed by atoms with Crippen LogP contribution in [0.2, 0.25) is 0 Å². The Kier molecular flexibility index (Phi) is 2.29. The number of rotatable bonds is 0. The van der Waals surface area contributed by atoms with Crippen molar-refractivity contribution in [2.45, 2.75) is 46.0 Å². The van der Waals surface area contributed by atoms with Gasteiger partial charge in [-0.3, -0.25) is 0 Å². The third-order valence-corrected chi connectivity index (χ3v) is 5.33. The van der Waals surface area contributed by atoms with Gasteiger partial charge in [-0.1, -0.05) is 34.6 Å². The maximum absolute atomic E-state index is 9.86. The fourth-order valence-corrected chi connectivity index (χ4v) is 2.69. The SMILES string of the molecule is C[C@H]1[C@H](O)[C@@H](S)C(C)(C)C1(C)C. The Hall–Kier alpha value is 0.310. The van der Waals surface area contributed by atoms with E-state index in [1.54, 1.807) is 0 Å². The average molecular weight is 188 g/mol. The van der Waals surface area contributed by atoms with Crippen LogP contribution in [0.5, 0.6) is 0 Å². The van der Waals surface area contributed by atoms with Crippen molar-refractivity contribution in [3.8, 4) is 0 Å². The largest absolute Gasteiger partial charge is 0.392 e. The third kappa shape index (κ3) is 1.04. The van der Waals surface area contributed by atoms with Gasteiger partial charge in [0.25, 0.3) is 0 Å². The molecule has 0 aromatic carbocycles. The zero-order valence-electron chi connectivity index (χ0n) is 8.63. The molecule has 0 saturated heterocycles. The van der Waals surface area contributed by atoms with E-state index in [0.29, 0.717) is 5.92 Å². The van der Waals surface area contributed by atoms with Crippen molar-refractivity contribution in [3.05, 3.63) is 0 Å². The van der Waals surface area contributed by atoms with Gasteiger partial charge in [0.2, 0.25) is 0 Å². The van der Waals surface area contributed by atoms with Gasteiger partial charge in [0, 0.05) is 5.25 Å². The minimum atomic E-state index is -0.265. The van der Waals surface area contributed by atoms with Crippen LogP contribution in [0.4, 0.5) is 0 Å². The highest BCUT2D eigenvalue weighted by atomic mass is 32.1. The Bertz CT molecular complexity index is 166. The van der Waals surface area contributed by atoms with E-state index < -0.39 is 0 Å². The predicted octanol–water partition coefficient (Wildman–Crippen LogP) is 2.35. The zero-order valence-corrected chi connectivity index (χ0v) is 9.52. The highest BCUT2D eigenvalue weighted by molar-refractivity contribution is 7.81. The lowest BCUT2D eigenvalue weighted by Crippen LogP contribution is -2.34. The lowest BCUT2D eigenvalue weighted by molar-refractivity contribution is 0.0866. The Morgan fingerprint density at radius 2 is 1.50 bits per heavy atom. The number of hydrogen-bond acceptors (Lipinski definition) is 2. The highest BCUT2D eigenvalue weighted by Gasteiger charge is 2.56. The first-order chi connectivity index (χ1) is 5.23. The van der Waals surface area contributed by atoms with Crippen LogP contribution in [0, 0.1) is 16.7 Å². The molecule has 0 radical (unpaired) electrons. The Labute approximate surface area is 81.0 Å². The summed E-state index contributed by atoms with van der Waals surface area (Å²) in [5.41, 5.74) is 0.272. The van der Waals surface area contributed by atoms with Crippen LogP contribution in [0.15, 0.2) is 0 Å². The average Bonchev–Trinajstić information content (AvgIpc) is 2.05. The minimum absolute atomic E-state index is 0.0995. The van der Waals surface area contributed by atoms with E-state index in [-0.39, 0.29) is 22.2 Å². The van der Waals surface area contributed by atoms with Crippen LogP contribution < -0.4 is 0 Å². The summed E-state index contributed by atoms with van der Waals surface area (Å²) in [6.45, 7) is 10.9. The highest BCUT2D eigenvalue weighted by Crippen LogP contribution is 2.57. The van der Waals surface area contributed by atoms with Crippen molar-refractivity contribution in [2.24, 2.45) is 16.7 Å². The maximum atomic E-state index is 9.86. The predicted molar refractivity (Wildman–Crippen MR) is 55.5 cm³/mol. The Morgan fingerprint density at radius 1 is 1.08 bits per heavy atom. The summed E-state index contributed by atoms with van der Waals surface area (Å²) in [5.74, 6) is 0.329. The molecule has 0 spiro atoms. The van der Waals surface area contributed by atoms with Crippen LogP contribution in [0.25, 0.3) is 0 Å². The topological polar surface area (TPSA) is 20.2 Å².